The molecule has 0 heterocycles. The van der Waals surface area contributed by atoms with Crippen molar-refractivity contribution >= 4 is 5.91 Å². The Hall–Kier alpha value is -2.53. The molecule has 0 aliphatic heterocycles. The highest BCUT2D eigenvalue weighted by Crippen LogP contribution is 2.27. The van der Waals surface area contributed by atoms with Crippen LogP contribution in [-0.2, 0) is 13.1 Å². The minimum Gasteiger partial charge on any atom is -0.493 e. The van der Waals surface area contributed by atoms with Gasteiger partial charge in [0.15, 0.2) is 11.5 Å². The average Bonchev–Trinajstić information content (AvgIpc) is 2.70. The first kappa shape index (κ1) is 19.8. The standard InChI is InChI=1S/C21H28N2O3/c1-5-23(6-2)15-18-10-8-7-9-17(18)14-22-21(24)16-11-12-19(25-3)20(13-16)26-4/h7-13H,5-6,14-15H2,1-4H3,(H,22,24)/p+1. The van der Waals surface area contributed by atoms with E-state index in [1.807, 2.05) is 6.07 Å². The molecule has 0 saturated heterocycles. The van der Waals surface area contributed by atoms with Crippen molar-refractivity contribution in [3.63, 3.8) is 0 Å². The lowest BCUT2D eigenvalue weighted by molar-refractivity contribution is -0.910. The summed E-state index contributed by atoms with van der Waals surface area (Å²) in [6.07, 6.45) is 0. The number of quaternary nitrogens is 1. The molecule has 0 aliphatic carbocycles. The van der Waals surface area contributed by atoms with Gasteiger partial charge in [0.2, 0.25) is 0 Å². The van der Waals surface area contributed by atoms with E-state index in [1.54, 1.807) is 32.4 Å². The maximum atomic E-state index is 12.5. The van der Waals surface area contributed by atoms with E-state index in [-0.39, 0.29) is 5.91 Å². The molecular formula is C21H29N2O3+. The lowest BCUT2D eigenvalue weighted by Crippen LogP contribution is -3.10. The number of ether oxygens (including phenoxy) is 2. The van der Waals surface area contributed by atoms with Gasteiger partial charge in [-0.05, 0) is 37.6 Å². The van der Waals surface area contributed by atoms with Gasteiger partial charge < -0.3 is 19.7 Å². The van der Waals surface area contributed by atoms with Crippen LogP contribution >= 0.6 is 0 Å². The summed E-state index contributed by atoms with van der Waals surface area (Å²) in [6.45, 7) is 8.03. The Bertz CT molecular complexity index is 727. The van der Waals surface area contributed by atoms with Crippen molar-refractivity contribution in [3.8, 4) is 11.5 Å². The number of carbonyl (C=O) groups excluding carboxylic acids is 1. The molecule has 0 aromatic heterocycles. The number of hydrogen-bond acceptors (Lipinski definition) is 3. The Balaban J connectivity index is 2.08. The van der Waals surface area contributed by atoms with Crippen molar-refractivity contribution in [1.29, 1.82) is 0 Å². The predicted molar refractivity (Wildman–Crippen MR) is 103 cm³/mol. The second kappa shape index (κ2) is 9.82. The summed E-state index contributed by atoms with van der Waals surface area (Å²) in [5, 5.41) is 3.01. The summed E-state index contributed by atoms with van der Waals surface area (Å²) in [5.74, 6) is 1.03. The summed E-state index contributed by atoms with van der Waals surface area (Å²) >= 11 is 0. The van der Waals surface area contributed by atoms with Crippen LogP contribution in [0.25, 0.3) is 0 Å². The molecule has 0 saturated carbocycles. The van der Waals surface area contributed by atoms with Crippen LogP contribution in [0.1, 0.15) is 35.3 Å². The molecule has 2 rings (SSSR count). The van der Waals surface area contributed by atoms with Crippen molar-refractivity contribution in [2.75, 3.05) is 27.3 Å². The van der Waals surface area contributed by atoms with Gasteiger partial charge in [0, 0.05) is 17.7 Å². The zero-order valence-electron chi connectivity index (χ0n) is 16.1. The lowest BCUT2D eigenvalue weighted by Gasteiger charge is -2.18. The van der Waals surface area contributed by atoms with Crippen molar-refractivity contribution < 1.29 is 19.2 Å². The van der Waals surface area contributed by atoms with E-state index < -0.39 is 0 Å². The van der Waals surface area contributed by atoms with E-state index in [0.29, 0.717) is 23.6 Å². The molecule has 0 atom stereocenters. The van der Waals surface area contributed by atoms with E-state index >= 15 is 0 Å². The molecule has 140 valence electrons. The minimum absolute atomic E-state index is 0.129. The van der Waals surface area contributed by atoms with Gasteiger partial charge >= 0.3 is 0 Å². The normalized spacial score (nSPS) is 10.7. The first-order valence-corrected chi connectivity index (χ1v) is 9.03. The fourth-order valence-electron chi connectivity index (χ4n) is 2.93. The second-order valence-corrected chi connectivity index (χ2v) is 6.16. The monoisotopic (exact) mass is 357 g/mol. The van der Waals surface area contributed by atoms with Gasteiger partial charge in [0.25, 0.3) is 5.91 Å². The molecule has 0 spiro atoms. The molecule has 0 fully saturated rings. The Morgan fingerprint density at radius 2 is 1.62 bits per heavy atom. The molecule has 2 aromatic rings. The van der Waals surface area contributed by atoms with E-state index in [1.165, 1.54) is 10.5 Å². The molecule has 2 aromatic carbocycles. The van der Waals surface area contributed by atoms with Gasteiger partial charge in [-0.25, -0.2) is 0 Å². The lowest BCUT2D eigenvalue weighted by atomic mass is 10.1. The third-order valence-electron chi connectivity index (χ3n) is 4.64. The summed E-state index contributed by atoms with van der Waals surface area (Å²) < 4.78 is 10.5. The molecule has 0 aliphatic rings. The first-order valence-electron chi connectivity index (χ1n) is 9.03. The third-order valence-corrected chi connectivity index (χ3v) is 4.64. The van der Waals surface area contributed by atoms with Gasteiger partial charge in [-0.15, -0.1) is 0 Å². The molecule has 5 nitrogen and oxygen atoms in total. The number of rotatable bonds is 9. The summed E-state index contributed by atoms with van der Waals surface area (Å²) in [5.41, 5.74) is 2.98. The van der Waals surface area contributed by atoms with Gasteiger partial charge in [0.1, 0.15) is 6.54 Å². The average molecular weight is 357 g/mol. The first-order chi connectivity index (χ1) is 12.6. The maximum absolute atomic E-state index is 12.5. The van der Waals surface area contributed by atoms with Gasteiger partial charge in [-0.1, -0.05) is 24.3 Å². The maximum Gasteiger partial charge on any atom is 0.251 e. The van der Waals surface area contributed by atoms with Crippen LogP contribution in [0.4, 0.5) is 0 Å². The topological polar surface area (TPSA) is 52.0 Å². The van der Waals surface area contributed by atoms with Crippen LogP contribution in [-0.4, -0.2) is 33.2 Å². The van der Waals surface area contributed by atoms with Crippen molar-refractivity contribution in [2.24, 2.45) is 0 Å². The molecule has 2 N–H and O–H groups in total. The molecular weight excluding hydrogens is 328 g/mol. The van der Waals surface area contributed by atoms with E-state index in [4.69, 9.17) is 9.47 Å². The number of methoxy groups -OCH3 is 2. The largest absolute Gasteiger partial charge is 0.493 e. The Kier molecular flexibility index (Phi) is 7.48. The second-order valence-electron chi connectivity index (χ2n) is 6.16. The zero-order chi connectivity index (χ0) is 18.9. The van der Waals surface area contributed by atoms with E-state index in [9.17, 15) is 4.79 Å². The molecule has 0 radical (unpaired) electrons. The number of carbonyl (C=O) groups is 1. The Labute approximate surface area is 155 Å². The molecule has 5 heteroatoms. The molecule has 1 amide bonds. The number of benzene rings is 2. The molecule has 0 unspecified atom stereocenters. The van der Waals surface area contributed by atoms with Crippen LogP contribution in [0.5, 0.6) is 11.5 Å². The van der Waals surface area contributed by atoms with Gasteiger partial charge in [-0.3, -0.25) is 4.79 Å². The highest BCUT2D eigenvalue weighted by Gasteiger charge is 2.13. The van der Waals surface area contributed by atoms with Crippen LogP contribution in [0.2, 0.25) is 0 Å². The summed E-state index contributed by atoms with van der Waals surface area (Å²) in [6, 6.07) is 13.5. The SMILES string of the molecule is CC[NH+](CC)Cc1ccccc1CNC(=O)c1ccc(OC)c(OC)c1. The van der Waals surface area contributed by atoms with Crippen LogP contribution in [0.3, 0.4) is 0 Å². The third kappa shape index (κ3) is 4.99. The van der Waals surface area contributed by atoms with Gasteiger partial charge in [-0.2, -0.15) is 0 Å². The summed E-state index contributed by atoms with van der Waals surface area (Å²) in [4.78, 5) is 14.0. The molecule has 26 heavy (non-hydrogen) atoms. The predicted octanol–water partition coefficient (Wildman–Crippen LogP) is 2.06. The fraction of sp³-hybridized carbons (Fsp3) is 0.381. The van der Waals surface area contributed by atoms with Gasteiger partial charge in [0.05, 0.1) is 27.3 Å². The van der Waals surface area contributed by atoms with E-state index in [0.717, 1.165) is 25.2 Å². The highest BCUT2D eigenvalue weighted by atomic mass is 16.5. The smallest absolute Gasteiger partial charge is 0.251 e. The quantitative estimate of drug-likeness (QED) is 0.722. The highest BCUT2D eigenvalue weighted by molar-refractivity contribution is 5.94. The Morgan fingerprint density at radius 1 is 0.962 bits per heavy atom. The van der Waals surface area contributed by atoms with E-state index in [2.05, 4.69) is 37.4 Å². The molecule has 0 bridgehead atoms. The Morgan fingerprint density at radius 3 is 2.23 bits per heavy atom. The number of hydrogen-bond donors (Lipinski definition) is 2. The van der Waals surface area contributed by atoms with Crippen LogP contribution in [0.15, 0.2) is 42.5 Å². The number of nitrogens with one attached hydrogen (secondary N) is 2. The van der Waals surface area contributed by atoms with Crippen molar-refractivity contribution in [2.45, 2.75) is 26.9 Å². The minimum atomic E-state index is -0.129. The fourth-order valence-corrected chi connectivity index (χ4v) is 2.93. The van der Waals surface area contributed by atoms with Crippen molar-refractivity contribution in [3.05, 3.63) is 59.2 Å². The number of amides is 1. The van der Waals surface area contributed by atoms with Crippen molar-refractivity contribution in [1.82, 2.24) is 5.32 Å². The van der Waals surface area contributed by atoms with Crippen LogP contribution in [0, 0.1) is 0 Å². The zero-order valence-corrected chi connectivity index (χ0v) is 16.1. The van der Waals surface area contributed by atoms with Crippen LogP contribution < -0.4 is 19.7 Å². The summed E-state index contributed by atoms with van der Waals surface area (Å²) in [7, 11) is 3.14.